The summed E-state index contributed by atoms with van der Waals surface area (Å²) in [4.78, 5) is 37.7. The van der Waals surface area contributed by atoms with E-state index in [1.807, 2.05) is 0 Å². The minimum Gasteiger partial charge on any atom is -0.445 e. The molecule has 3 aromatic rings. The van der Waals surface area contributed by atoms with Crippen LogP contribution < -0.4 is 16.2 Å². The summed E-state index contributed by atoms with van der Waals surface area (Å²) in [6.45, 7) is 3.50. The second kappa shape index (κ2) is 5.79. The monoisotopic (exact) mass is 314 g/mol. The number of carbonyl (C=O) groups excluding carboxylic acids is 1. The van der Waals surface area contributed by atoms with E-state index < -0.39 is 6.09 Å². The Hall–Kier alpha value is -3.36. The number of H-pyrrole nitrogens is 2. The van der Waals surface area contributed by atoms with Gasteiger partial charge in [-0.25, -0.2) is 14.8 Å². The lowest BCUT2D eigenvalue weighted by Gasteiger charge is -2.05. The third-order valence-corrected chi connectivity index (χ3v) is 3.10. The zero-order valence-electron chi connectivity index (χ0n) is 12.3. The second-order valence-electron chi connectivity index (χ2n) is 4.65. The minimum atomic E-state index is -0.731. The summed E-state index contributed by atoms with van der Waals surface area (Å²) >= 11 is 0. The summed E-state index contributed by atoms with van der Waals surface area (Å²) in [7, 11) is 1.74. The highest BCUT2D eigenvalue weighted by Gasteiger charge is 2.10. The van der Waals surface area contributed by atoms with E-state index in [1.54, 1.807) is 19.2 Å². The first-order valence-corrected chi connectivity index (χ1v) is 6.77. The number of aromatic amines is 2. The molecule has 2 heterocycles. The van der Waals surface area contributed by atoms with Crippen molar-refractivity contribution in [2.24, 2.45) is 0 Å². The third kappa shape index (κ3) is 2.84. The van der Waals surface area contributed by atoms with Crippen molar-refractivity contribution >= 4 is 39.9 Å². The average molecular weight is 314 g/mol. The molecule has 0 fully saturated rings. The topological polar surface area (TPSA) is 125 Å². The first kappa shape index (κ1) is 14.6. The number of nitrogens with zero attached hydrogens (tertiary/aromatic N) is 2. The van der Waals surface area contributed by atoms with Crippen molar-refractivity contribution in [3.8, 4) is 0 Å². The molecule has 0 radical (unpaired) electrons. The van der Waals surface area contributed by atoms with Gasteiger partial charge in [-0.3, -0.25) is 15.1 Å². The van der Waals surface area contributed by atoms with E-state index in [2.05, 4.69) is 37.1 Å². The van der Waals surface area contributed by atoms with Gasteiger partial charge < -0.3 is 15.0 Å². The zero-order valence-corrected chi connectivity index (χ0v) is 12.3. The van der Waals surface area contributed by atoms with Crippen LogP contribution in [0.25, 0.3) is 21.9 Å². The molecule has 9 heteroatoms. The van der Waals surface area contributed by atoms with Crippen LogP contribution in [0.15, 0.2) is 29.6 Å². The van der Waals surface area contributed by atoms with E-state index in [0.717, 1.165) is 0 Å². The number of aromatic nitrogens is 4. The molecule has 0 saturated carbocycles. The second-order valence-corrected chi connectivity index (χ2v) is 4.65. The van der Waals surface area contributed by atoms with Gasteiger partial charge in [0.1, 0.15) is 6.61 Å². The number of anilines is 2. The molecule has 0 aliphatic rings. The Morgan fingerprint density at radius 3 is 2.83 bits per heavy atom. The molecule has 0 spiro atoms. The summed E-state index contributed by atoms with van der Waals surface area (Å²) in [6, 6.07) is 3.32. The predicted octanol–water partition coefficient (Wildman–Crippen LogP) is 1.58. The lowest BCUT2D eigenvalue weighted by molar-refractivity contribution is 0.174. The van der Waals surface area contributed by atoms with Crippen molar-refractivity contribution in [1.29, 1.82) is 0 Å². The minimum absolute atomic E-state index is 0.000267. The first-order valence-electron chi connectivity index (χ1n) is 6.77. The van der Waals surface area contributed by atoms with Crippen molar-refractivity contribution in [1.82, 2.24) is 19.9 Å². The number of amides is 1. The van der Waals surface area contributed by atoms with Crippen LogP contribution in [-0.4, -0.2) is 39.7 Å². The normalized spacial score (nSPS) is 10.7. The van der Waals surface area contributed by atoms with E-state index in [1.165, 1.54) is 6.08 Å². The van der Waals surface area contributed by atoms with E-state index in [9.17, 15) is 9.59 Å². The molecule has 0 bridgehead atoms. The van der Waals surface area contributed by atoms with Gasteiger partial charge in [0, 0.05) is 7.05 Å². The Balaban J connectivity index is 2.02. The van der Waals surface area contributed by atoms with Crippen molar-refractivity contribution in [3.05, 3.63) is 35.1 Å². The lowest BCUT2D eigenvalue weighted by atomic mass is 10.2. The molecule has 23 heavy (non-hydrogen) atoms. The van der Waals surface area contributed by atoms with Crippen LogP contribution in [0.3, 0.4) is 0 Å². The summed E-state index contributed by atoms with van der Waals surface area (Å²) < 4.78 is 4.78. The highest BCUT2D eigenvalue weighted by molar-refractivity contribution is 5.94. The van der Waals surface area contributed by atoms with Crippen molar-refractivity contribution < 1.29 is 9.53 Å². The SMILES string of the molecule is C=CCOC(=O)Nc1nc2cc3nc(NC)[nH]c3cc2c(=O)[nH]1. The highest BCUT2D eigenvalue weighted by atomic mass is 16.5. The van der Waals surface area contributed by atoms with Gasteiger partial charge in [0.05, 0.1) is 21.9 Å². The number of nitrogens with one attached hydrogen (secondary N) is 4. The molecule has 3 rings (SSSR count). The van der Waals surface area contributed by atoms with Gasteiger partial charge in [-0.05, 0) is 12.1 Å². The number of ether oxygens (including phenoxy) is 1. The lowest BCUT2D eigenvalue weighted by Crippen LogP contribution is -2.19. The largest absolute Gasteiger partial charge is 0.445 e. The Labute approximate surface area is 129 Å². The maximum atomic E-state index is 12.2. The number of hydrogen-bond donors (Lipinski definition) is 4. The van der Waals surface area contributed by atoms with Gasteiger partial charge in [0.15, 0.2) is 0 Å². The number of hydrogen-bond acceptors (Lipinski definition) is 6. The molecule has 1 aromatic carbocycles. The molecular formula is C14H14N6O3. The fourth-order valence-electron chi connectivity index (χ4n) is 2.09. The Morgan fingerprint density at radius 2 is 2.09 bits per heavy atom. The van der Waals surface area contributed by atoms with Crippen LogP contribution in [-0.2, 0) is 4.74 Å². The first-order chi connectivity index (χ1) is 11.1. The molecule has 0 atom stereocenters. The molecule has 0 aliphatic carbocycles. The smallest absolute Gasteiger partial charge is 0.414 e. The summed E-state index contributed by atoms with van der Waals surface area (Å²) in [5.41, 5.74) is 1.39. The van der Waals surface area contributed by atoms with Gasteiger partial charge in [-0.1, -0.05) is 12.7 Å². The summed E-state index contributed by atoms with van der Waals surface area (Å²) in [6.07, 6.45) is 0.704. The Bertz CT molecular complexity index is 958. The molecule has 0 saturated heterocycles. The number of carbonyl (C=O) groups is 1. The van der Waals surface area contributed by atoms with Gasteiger partial charge >= 0.3 is 6.09 Å². The number of benzene rings is 1. The molecule has 0 aliphatic heterocycles. The predicted molar refractivity (Wildman–Crippen MR) is 86.7 cm³/mol. The van der Waals surface area contributed by atoms with Crippen LogP contribution in [0, 0.1) is 0 Å². The van der Waals surface area contributed by atoms with Crippen LogP contribution in [0.2, 0.25) is 0 Å². The van der Waals surface area contributed by atoms with Crippen molar-refractivity contribution in [3.63, 3.8) is 0 Å². The standard InChI is InChI=1S/C14H14N6O3/c1-3-4-23-14(22)20-13-16-8-6-10-9(17-12(15-2)18-10)5-7(8)11(21)19-13/h3,5-6H,1,4H2,2H3,(H2,15,17,18)(H2,16,19,20,21,22). The van der Waals surface area contributed by atoms with Gasteiger partial charge in [0.25, 0.3) is 5.56 Å². The van der Waals surface area contributed by atoms with Gasteiger partial charge in [-0.2, -0.15) is 0 Å². The molecule has 2 aromatic heterocycles. The fraction of sp³-hybridized carbons (Fsp3) is 0.143. The molecule has 0 unspecified atom stereocenters. The number of rotatable bonds is 4. The zero-order chi connectivity index (χ0) is 16.4. The van der Waals surface area contributed by atoms with E-state index in [0.29, 0.717) is 27.9 Å². The highest BCUT2D eigenvalue weighted by Crippen LogP contribution is 2.19. The van der Waals surface area contributed by atoms with E-state index in [-0.39, 0.29) is 18.1 Å². The third-order valence-electron chi connectivity index (χ3n) is 3.10. The maximum absolute atomic E-state index is 12.2. The Morgan fingerprint density at radius 1 is 1.30 bits per heavy atom. The van der Waals surface area contributed by atoms with E-state index >= 15 is 0 Å². The van der Waals surface area contributed by atoms with Crippen molar-refractivity contribution in [2.75, 3.05) is 24.3 Å². The maximum Gasteiger partial charge on any atom is 0.414 e. The van der Waals surface area contributed by atoms with Crippen LogP contribution in [0.5, 0.6) is 0 Å². The van der Waals surface area contributed by atoms with Crippen LogP contribution >= 0.6 is 0 Å². The summed E-state index contributed by atoms with van der Waals surface area (Å²) in [5.74, 6) is 0.582. The van der Waals surface area contributed by atoms with E-state index in [4.69, 9.17) is 4.74 Å². The Kier molecular flexibility index (Phi) is 3.67. The molecule has 9 nitrogen and oxygen atoms in total. The fourth-order valence-corrected chi connectivity index (χ4v) is 2.09. The molecule has 1 amide bonds. The number of imidazole rings is 1. The summed E-state index contributed by atoms with van der Waals surface area (Å²) in [5, 5.41) is 5.63. The quantitative estimate of drug-likeness (QED) is 0.542. The molecule has 4 N–H and O–H groups in total. The van der Waals surface area contributed by atoms with Gasteiger partial charge in [0.2, 0.25) is 11.9 Å². The molecular weight excluding hydrogens is 300 g/mol. The van der Waals surface area contributed by atoms with Crippen LogP contribution in [0.1, 0.15) is 0 Å². The van der Waals surface area contributed by atoms with Gasteiger partial charge in [-0.15, -0.1) is 0 Å². The number of fused-ring (bicyclic) bond motifs is 2. The van der Waals surface area contributed by atoms with Crippen LogP contribution in [0.4, 0.5) is 16.7 Å². The van der Waals surface area contributed by atoms with Crippen molar-refractivity contribution in [2.45, 2.75) is 0 Å². The average Bonchev–Trinajstić information content (AvgIpc) is 2.93. The molecule has 118 valence electrons.